The van der Waals surface area contributed by atoms with Gasteiger partial charge in [0.1, 0.15) is 11.5 Å². The van der Waals surface area contributed by atoms with Crippen molar-refractivity contribution in [1.82, 2.24) is 4.57 Å². The number of aromatic nitrogens is 1. The number of hydrogen-bond acceptors (Lipinski definition) is 3. The van der Waals surface area contributed by atoms with E-state index in [1.165, 1.54) is 14.2 Å². The summed E-state index contributed by atoms with van der Waals surface area (Å²) in [6, 6.07) is 7.23. The van der Waals surface area contributed by atoms with Crippen molar-refractivity contribution < 1.29 is 14.3 Å². The van der Waals surface area contributed by atoms with Gasteiger partial charge < -0.3 is 19.4 Å². The molecule has 0 aliphatic carbocycles. The second kappa shape index (κ2) is 7.22. The Hall–Kier alpha value is -2.14. The van der Waals surface area contributed by atoms with Crippen LogP contribution in [0.3, 0.4) is 0 Å². The van der Waals surface area contributed by atoms with Crippen LogP contribution in [0.4, 0.5) is 5.69 Å². The molecule has 2 aromatic rings. The number of methoxy groups -OCH3 is 2. The summed E-state index contributed by atoms with van der Waals surface area (Å²) in [5.74, 6) is 0.891. The molecule has 0 saturated carbocycles. The Morgan fingerprint density at radius 3 is 2.59 bits per heavy atom. The highest BCUT2D eigenvalue weighted by atomic mass is 35.5. The quantitative estimate of drug-likeness (QED) is 0.888. The van der Waals surface area contributed by atoms with Crippen molar-refractivity contribution in [2.45, 2.75) is 12.8 Å². The van der Waals surface area contributed by atoms with E-state index in [0.717, 1.165) is 5.69 Å². The third-order valence-electron chi connectivity index (χ3n) is 3.41. The van der Waals surface area contributed by atoms with E-state index in [-0.39, 0.29) is 5.91 Å². The lowest BCUT2D eigenvalue weighted by Gasteiger charge is -2.13. The minimum atomic E-state index is -0.0936. The van der Waals surface area contributed by atoms with Crippen molar-refractivity contribution in [1.29, 1.82) is 0 Å². The van der Waals surface area contributed by atoms with E-state index >= 15 is 0 Å². The zero-order valence-corrected chi connectivity index (χ0v) is 13.6. The van der Waals surface area contributed by atoms with Crippen LogP contribution in [0.25, 0.3) is 0 Å². The van der Waals surface area contributed by atoms with Crippen LogP contribution in [0.2, 0.25) is 5.02 Å². The normalized spacial score (nSPS) is 10.4. The Morgan fingerprint density at radius 1 is 1.27 bits per heavy atom. The molecule has 22 heavy (non-hydrogen) atoms. The second-order valence-electron chi connectivity index (χ2n) is 4.85. The molecule has 5 nitrogen and oxygen atoms in total. The Balaban J connectivity index is 2.06. The highest BCUT2D eigenvalue weighted by Gasteiger charge is 2.13. The fraction of sp³-hybridized carbons (Fsp3) is 0.312. The Morgan fingerprint density at radius 2 is 2.00 bits per heavy atom. The zero-order chi connectivity index (χ0) is 16.1. The van der Waals surface area contributed by atoms with Crippen molar-refractivity contribution in [3.05, 3.63) is 41.2 Å². The number of halogens is 1. The van der Waals surface area contributed by atoms with E-state index in [1.54, 1.807) is 12.1 Å². The molecule has 0 atom stereocenters. The summed E-state index contributed by atoms with van der Waals surface area (Å²) in [5, 5.41) is 3.27. The van der Waals surface area contributed by atoms with Gasteiger partial charge in [-0.1, -0.05) is 11.6 Å². The summed E-state index contributed by atoms with van der Waals surface area (Å²) >= 11 is 6.04. The number of aryl methyl sites for hydroxylation is 2. The molecular weight excluding hydrogens is 304 g/mol. The van der Waals surface area contributed by atoms with E-state index in [4.69, 9.17) is 21.1 Å². The maximum atomic E-state index is 12.1. The van der Waals surface area contributed by atoms with Crippen molar-refractivity contribution in [2.75, 3.05) is 19.5 Å². The summed E-state index contributed by atoms with van der Waals surface area (Å²) < 4.78 is 12.4. The first-order valence-corrected chi connectivity index (χ1v) is 7.24. The van der Waals surface area contributed by atoms with Gasteiger partial charge in [-0.25, -0.2) is 0 Å². The molecule has 1 aromatic carbocycles. The second-order valence-corrected chi connectivity index (χ2v) is 5.25. The Labute approximate surface area is 134 Å². The van der Waals surface area contributed by atoms with Crippen LogP contribution in [0.1, 0.15) is 12.1 Å². The summed E-state index contributed by atoms with van der Waals surface area (Å²) in [6.45, 7) is 0. The SMILES string of the molecule is COc1cc(NC(=O)CCc2cccn2C)c(OC)cc1Cl. The molecule has 1 aromatic heterocycles. The largest absolute Gasteiger partial charge is 0.495 e. The molecular formula is C16H19ClN2O3. The van der Waals surface area contributed by atoms with E-state index in [1.807, 2.05) is 29.9 Å². The van der Waals surface area contributed by atoms with Crippen LogP contribution in [0.15, 0.2) is 30.5 Å². The van der Waals surface area contributed by atoms with Crippen molar-refractivity contribution in [3.63, 3.8) is 0 Å². The maximum absolute atomic E-state index is 12.1. The third kappa shape index (κ3) is 3.74. The molecule has 0 aliphatic heterocycles. The topological polar surface area (TPSA) is 52.5 Å². The molecule has 0 saturated heterocycles. The molecule has 1 amide bonds. The molecule has 0 bridgehead atoms. The number of anilines is 1. The van der Waals surface area contributed by atoms with Crippen LogP contribution in [0, 0.1) is 0 Å². The molecule has 6 heteroatoms. The van der Waals surface area contributed by atoms with E-state index in [2.05, 4.69) is 5.32 Å². The van der Waals surface area contributed by atoms with Crippen LogP contribution < -0.4 is 14.8 Å². The number of rotatable bonds is 6. The number of nitrogens with zero attached hydrogens (tertiary/aromatic N) is 1. The van der Waals surface area contributed by atoms with Gasteiger partial charge in [0, 0.05) is 37.5 Å². The number of carbonyl (C=O) groups excluding carboxylic acids is 1. The minimum absolute atomic E-state index is 0.0936. The molecule has 0 aliphatic rings. The Kier molecular flexibility index (Phi) is 5.33. The predicted octanol–water partition coefficient (Wildman–Crippen LogP) is 3.27. The number of ether oxygens (including phenoxy) is 2. The molecule has 0 fully saturated rings. The van der Waals surface area contributed by atoms with Crippen LogP contribution in [0.5, 0.6) is 11.5 Å². The highest BCUT2D eigenvalue weighted by Crippen LogP contribution is 2.35. The van der Waals surface area contributed by atoms with E-state index in [0.29, 0.717) is 35.1 Å². The summed E-state index contributed by atoms with van der Waals surface area (Å²) in [4.78, 5) is 12.1. The first-order valence-electron chi connectivity index (χ1n) is 6.86. The van der Waals surface area contributed by atoms with Gasteiger partial charge in [-0.3, -0.25) is 4.79 Å². The lowest BCUT2D eigenvalue weighted by molar-refractivity contribution is -0.116. The van der Waals surface area contributed by atoms with Gasteiger partial charge in [-0.2, -0.15) is 0 Å². The summed E-state index contributed by atoms with van der Waals surface area (Å²) in [5.41, 5.74) is 1.65. The van der Waals surface area contributed by atoms with Crippen LogP contribution >= 0.6 is 11.6 Å². The summed E-state index contributed by atoms with van der Waals surface area (Å²) in [7, 11) is 5.01. The molecule has 0 radical (unpaired) electrons. The predicted molar refractivity (Wildman–Crippen MR) is 86.9 cm³/mol. The number of hydrogen-bond donors (Lipinski definition) is 1. The lowest BCUT2D eigenvalue weighted by Crippen LogP contribution is -2.14. The molecule has 0 unspecified atom stereocenters. The number of nitrogens with one attached hydrogen (secondary N) is 1. The summed E-state index contributed by atoms with van der Waals surface area (Å²) in [6.07, 6.45) is 3.01. The fourth-order valence-corrected chi connectivity index (χ4v) is 2.40. The molecule has 118 valence electrons. The number of amides is 1. The van der Waals surface area contributed by atoms with Gasteiger partial charge in [0.15, 0.2) is 0 Å². The third-order valence-corrected chi connectivity index (χ3v) is 3.70. The van der Waals surface area contributed by atoms with Crippen molar-refractivity contribution in [3.8, 4) is 11.5 Å². The van der Waals surface area contributed by atoms with Gasteiger partial charge in [0.25, 0.3) is 0 Å². The molecule has 0 spiro atoms. The smallest absolute Gasteiger partial charge is 0.224 e. The van der Waals surface area contributed by atoms with E-state index < -0.39 is 0 Å². The standard InChI is InChI=1S/C16H19ClN2O3/c1-19-8-4-5-11(19)6-7-16(20)18-13-10-14(21-2)12(17)9-15(13)22-3/h4-5,8-10H,6-7H2,1-3H3,(H,18,20). The molecule has 2 rings (SSSR count). The lowest BCUT2D eigenvalue weighted by atomic mass is 10.2. The monoisotopic (exact) mass is 322 g/mol. The van der Waals surface area contributed by atoms with Crippen molar-refractivity contribution >= 4 is 23.2 Å². The van der Waals surface area contributed by atoms with E-state index in [9.17, 15) is 4.79 Å². The average molecular weight is 323 g/mol. The number of carbonyl (C=O) groups is 1. The molecule has 1 N–H and O–H groups in total. The maximum Gasteiger partial charge on any atom is 0.224 e. The minimum Gasteiger partial charge on any atom is -0.495 e. The van der Waals surface area contributed by atoms with Gasteiger partial charge in [-0.05, 0) is 18.6 Å². The van der Waals surface area contributed by atoms with Crippen LogP contribution in [-0.2, 0) is 18.3 Å². The molecule has 1 heterocycles. The van der Waals surface area contributed by atoms with Gasteiger partial charge in [0.05, 0.1) is 24.9 Å². The van der Waals surface area contributed by atoms with Gasteiger partial charge in [0.2, 0.25) is 5.91 Å². The highest BCUT2D eigenvalue weighted by molar-refractivity contribution is 6.32. The van der Waals surface area contributed by atoms with Crippen molar-refractivity contribution in [2.24, 2.45) is 7.05 Å². The zero-order valence-electron chi connectivity index (χ0n) is 12.9. The number of benzene rings is 1. The first-order chi connectivity index (χ1) is 10.5. The average Bonchev–Trinajstić information content (AvgIpc) is 2.91. The Bertz CT molecular complexity index is 667. The van der Waals surface area contributed by atoms with Gasteiger partial charge in [-0.15, -0.1) is 0 Å². The fourth-order valence-electron chi connectivity index (χ4n) is 2.17. The van der Waals surface area contributed by atoms with Crippen LogP contribution in [-0.4, -0.2) is 24.7 Å². The van der Waals surface area contributed by atoms with Gasteiger partial charge >= 0.3 is 0 Å². The first kappa shape index (κ1) is 16.2.